The molecule has 1 aliphatic heterocycles. The molecule has 0 fully saturated rings. The lowest BCUT2D eigenvalue weighted by Crippen LogP contribution is -2.13. The number of rotatable bonds is 3. The van der Waals surface area contributed by atoms with Crippen molar-refractivity contribution >= 4 is 11.8 Å². The predicted molar refractivity (Wildman–Crippen MR) is 86.4 cm³/mol. The van der Waals surface area contributed by atoms with Crippen LogP contribution in [0.25, 0.3) is 11.4 Å². The molecule has 1 atom stereocenters. The summed E-state index contributed by atoms with van der Waals surface area (Å²) in [5.74, 6) is 1.64. The van der Waals surface area contributed by atoms with E-state index in [1.165, 1.54) is 5.56 Å². The number of hydrogen-bond donors (Lipinski definition) is 1. The quantitative estimate of drug-likeness (QED) is 0.804. The van der Waals surface area contributed by atoms with Crippen LogP contribution < -0.4 is 10.2 Å². The minimum atomic E-state index is 0.156. The topological polar surface area (TPSA) is 52.0 Å². The molecule has 1 unspecified atom stereocenters. The average Bonchev–Trinajstić information content (AvgIpc) is 3.16. The first-order valence-electron chi connectivity index (χ1n) is 6.93. The molecular weight excluding hydrogens is 296 g/mol. The van der Waals surface area contributed by atoms with Gasteiger partial charge in [-0.1, -0.05) is 42.1 Å². The summed E-state index contributed by atoms with van der Waals surface area (Å²) in [6, 6.07) is 18.1. The fourth-order valence-electron chi connectivity index (χ4n) is 2.41. The van der Waals surface area contributed by atoms with Crippen LogP contribution in [-0.4, -0.2) is 22.0 Å². The minimum absolute atomic E-state index is 0.156. The highest BCUT2D eigenvalue weighted by Gasteiger charge is 2.27. The fourth-order valence-corrected chi connectivity index (χ4v) is 3.40. The summed E-state index contributed by atoms with van der Waals surface area (Å²) in [6.07, 6.45) is 0. The first-order valence-corrected chi connectivity index (χ1v) is 7.81. The van der Waals surface area contributed by atoms with Crippen LogP contribution in [-0.2, 0) is 0 Å². The minimum Gasteiger partial charge on any atom is -0.497 e. The van der Waals surface area contributed by atoms with Gasteiger partial charge in [-0.05, 0) is 29.8 Å². The van der Waals surface area contributed by atoms with Gasteiger partial charge in [-0.15, -0.1) is 10.2 Å². The molecule has 2 heterocycles. The van der Waals surface area contributed by atoms with E-state index in [1.54, 1.807) is 18.9 Å². The van der Waals surface area contributed by atoms with Crippen LogP contribution in [0, 0.1) is 0 Å². The highest BCUT2D eigenvalue weighted by molar-refractivity contribution is 7.99. The second-order valence-corrected chi connectivity index (χ2v) is 5.98. The largest absolute Gasteiger partial charge is 0.497 e. The predicted octanol–water partition coefficient (Wildman–Crippen LogP) is 3.30. The lowest BCUT2D eigenvalue weighted by Gasteiger charge is -2.12. The molecule has 1 aliphatic rings. The Hall–Kier alpha value is -2.47. The summed E-state index contributed by atoms with van der Waals surface area (Å²) >= 11 is 1.67. The number of nitrogens with zero attached hydrogens (tertiary/aromatic N) is 3. The van der Waals surface area contributed by atoms with Gasteiger partial charge in [-0.25, -0.2) is 4.68 Å². The smallest absolute Gasteiger partial charge is 0.212 e. The molecule has 22 heavy (non-hydrogen) atoms. The van der Waals surface area contributed by atoms with E-state index in [-0.39, 0.29) is 5.37 Å². The van der Waals surface area contributed by atoms with Gasteiger partial charge in [0, 0.05) is 5.56 Å². The molecular formula is C16H14N4OS. The van der Waals surface area contributed by atoms with Crippen LogP contribution in [0.5, 0.6) is 5.75 Å². The lowest BCUT2D eigenvalue weighted by molar-refractivity contribution is 0.415. The zero-order valence-electron chi connectivity index (χ0n) is 11.9. The molecule has 1 aromatic heterocycles. The Kier molecular flexibility index (Phi) is 3.23. The van der Waals surface area contributed by atoms with E-state index < -0.39 is 0 Å². The molecule has 0 bridgehead atoms. The standard InChI is InChI=1S/C16H14N4OS/c1-21-13-9-7-11(8-10-13)14-17-18-16-20(14)19-15(22-16)12-5-3-2-4-6-12/h2-10,15,19H,1H3. The van der Waals surface area contributed by atoms with Gasteiger partial charge in [0.05, 0.1) is 7.11 Å². The Morgan fingerprint density at radius 2 is 1.82 bits per heavy atom. The van der Waals surface area contributed by atoms with E-state index in [0.29, 0.717) is 0 Å². The molecule has 4 rings (SSSR count). The van der Waals surface area contributed by atoms with Crippen molar-refractivity contribution in [2.24, 2.45) is 0 Å². The highest BCUT2D eigenvalue weighted by Crippen LogP contribution is 2.40. The monoisotopic (exact) mass is 310 g/mol. The Morgan fingerprint density at radius 3 is 2.55 bits per heavy atom. The summed E-state index contributed by atoms with van der Waals surface area (Å²) in [7, 11) is 1.66. The van der Waals surface area contributed by atoms with Crippen LogP contribution in [0.4, 0.5) is 0 Å². The maximum absolute atomic E-state index is 5.19. The summed E-state index contributed by atoms with van der Waals surface area (Å²) in [6.45, 7) is 0. The van der Waals surface area contributed by atoms with Crippen molar-refractivity contribution in [3.8, 4) is 17.1 Å². The van der Waals surface area contributed by atoms with E-state index >= 15 is 0 Å². The first kappa shape index (κ1) is 13.2. The fraction of sp³-hybridized carbons (Fsp3) is 0.125. The SMILES string of the molecule is COc1ccc(-c2nnc3n2NC(c2ccccc2)S3)cc1. The number of hydrogen-bond acceptors (Lipinski definition) is 5. The number of benzene rings is 2. The molecule has 110 valence electrons. The van der Waals surface area contributed by atoms with Crippen LogP contribution >= 0.6 is 11.8 Å². The highest BCUT2D eigenvalue weighted by atomic mass is 32.2. The van der Waals surface area contributed by atoms with Gasteiger partial charge in [-0.3, -0.25) is 0 Å². The lowest BCUT2D eigenvalue weighted by atomic mass is 10.2. The molecule has 1 N–H and O–H groups in total. The summed E-state index contributed by atoms with van der Waals surface area (Å²) in [5.41, 5.74) is 5.67. The maximum atomic E-state index is 5.19. The zero-order chi connectivity index (χ0) is 14.9. The number of thioether (sulfide) groups is 1. The van der Waals surface area contributed by atoms with E-state index in [1.807, 2.05) is 47.1 Å². The number of fused-ring (bicyclic) bond motifs is 1. The van der Waals surface area contributed by atoms with E-state index in [0.717, 1.165) is 22.3 Å². The van der Waals surface area contributed by atoms with Gasteiger partial charge >= 0.3 is 0 Å². The van der Waals surface area contributed by atoms with Crippen molar-refractivity contribution in [2.75, 3.05) is 12.5 Å². The van der Waals surface area contributed by atoms with Gasteiger partial charge in [0.15, 0.2) is 5.82 Å². The van der Waals surface area contributed by atoms with Gasteiger partial charge in [-0.2, -0.15) is 0 Å². The molecule has 0 aliphatic carbocycles. The molecule has 0 saturated heterocycles. The van der Waals surface area contributed by atoms with E-state index in [4.69, 9.17) is 4.74 Å². The second-order valence-electron chi connectivity index (χ2n) is 4.91. The van der Waals surface area contributed by atoms with Gasteiger partial charge < -0.3 is 10.2 Å². The van der Waals surface area contributed by atoms with E-state index in [2.05, 4.69) is 27.8 Å². The van der Waals surface area contributed by atoms with Gasteiger partial charge in [0.25, 0.3) is 0 Å². The Labute approximate surface area is 132 Å². The van der Waals surface area contributed by atoms with Crippen LogP contribution in [0.2, 0.25) is 0 Å². The molecule has 5 nitrogen and oxygen atoms in total. The summed E-state index contributed by atoms with van der Waals surface area (Å²) in [4.78, 5) is 0. The number of methoxy groups -OCH3 is 1. The van der Waals surface area contributed by atoms with Gasteiger partial charge in [0.2, 0.25) is 5.16 Å². The van der Waals surface area contributed by atoms with Crippen molar-refractivity contribution in [1.82, 2.24) is 14.9 Å². The maximum Gasteiger partial charge on any atom is 0.212 e. The Morgan fingerprint density at radius 1 is 1.05 bits per heavy atom. The van der Waals surface area contributed by atoms with Crippen molar-refractivity contribution in [3.63, 3.8) is 0 Å². The molecule has 3 aromatic rings. The van der Waals surface area contributed by atoms with Gasteiger partial charge in [0.1, 0.15) is 11.1 Å². The normalized spacial score (nSPS) is 16.1. The zero-order valence-corrected chi connectivity index (χ0v) is 12.7. The van der Waals surface area contributed by atoms with Crippen LogP contribution in [0.15, 0.2) is 59.8 Å². The number of aromatic nitrogens is 3. The molecule has 2 aromatic carbocycles. The van der Waals surface area contributed by atoms with Crippen molar-refractivity contribution < 1.29 is 4.74 Å². The van der Waals surface area contributed by atoms with E-state index in [9.17, 15) is 0 Å². The molecule has 0 spiro atoms. The molecule has 0 radical (unpaired) electrons. The summed E-state index contributed by atoms with van der Waals surface area (Å²) < 4.78 is 7.14. The third-order valence-electron chi connectivity index (χ3n) is 3.55. The summed E-state index contributed by atoms with van der Waals surface area (Å²) in [5, 5.41) is 9.58. The first-order chi connectivity index (χ1) is 10.8. The molecule has 0 saturated carbocycles. The number of nitrogens with one attached hydrogen (secondary N) is 1. The van der Waals surface area contributed by atoms with Crippen molar-refractivity contribution in [1.29, 1.82) is 0 Å². The Bertz CT molecular complexity index is 786. The third-order valence-corrected chi connectivity index (χ3v) is 4.64. The molecule has 6 heteroatoms. The number of ether oxygens (including phenoxy) is 1. The third kappa shape index (κ3) is 2.21. The Balaban J connectivity index is 1.64. The van der Waals surface area contributed by atoms with Crippen LogP contribution in [0.1, 0.15) is 10.9 Å². The van der Waals surface area contributed by atoms with Crippen LogP contribution in [0.3, 0.4) is 0 Å². The van der Waals surface area contributed by atoms with Crippen molar-refractivity contribution in [2.45, 2.75) is 10.5 Å². The molecule has 0 amide bonds. The second kappa shape index (κ2) is 5.38. The average molecular weight is 310 g/mol. The van der Waals surface area contributed by atoms with Crippen molar-refractivity contribution in [3.05, 3.63) is 60.2 Å².